The minimum Gasteiger partial charge on any atom is -0.491 e. The molecule has 0 saturated heterocycles. The van der Waals surface area contributed by atoms with Crippen LogP contribution in [0.15, 0.2) is 48.8 Å². The lowest BCUT2D eigenvalue weighted by Gasteiger charge is -2.16. The van der Waals surface area contributed by atoms with E-state index in [1.807, 2.05) is 36.4 Å². The van der Waals surface area contributed by atoms with Gasteiger partial charge in [-0.05, 0) is 49.5 Å². The highest BCUT2D eigenvalue weighted by Crippen LogP contribution is 2.33. The van der Waals surface area contributed by atoms with Crippen molar-refractivity contribution < 1.29 is 9.47 Å². The first-order valence-electron chi connectivity index (χ1n) is 9.45. The Balaban J connectivity index is 1.73. The van der Waals surface area contributed by atoms with Crippen LogP contribution in [0.2, 0.25) is 0 Å². The quantitative estimate of drug-likeness (QED) is 0.589. The lowest BCUT2D eigenvalue weighted by atomic mass is 10.0. The third-order valence-electron chi connectivity index (χ3n) is 5.03. The Hall–Kier alpha value is -3.39. The molecule has 0 atom stereocenters. The second-order valence-electron chi connectivity index (χ2n) is 6.83. The van der Waals surface area contributed by atoms with Crippen LogP contribution in [0.25, 0.3) is 22.6 Å². The summed E-state index contributed by atoms with van der Waals surface area (Å²) in [7, 11) is 1.60. The summed E-state index contributed by atoms with van der Waals surface area (Å²) in [5.41, 5.74) is 2.85. The van der Waals surface area contributed by atoms with Gasteiger partial charge in [0.05, 0.1) is 36.2 Å². The van der Waals surface area contributed by atoms with Crippen LogP contribution in [0.5, 0.6) is 11.5 Å². The summed E-state index contributed by atoms with van der Waals surface area (Å²) in [6.45, 7) is 0. The summed E-state index contributed by atoms with van der Waals surface area (Å²) in [5.74, 6) is 1.22. The number of methoxy groups -OCH3 is 1. The summed E-state index contributed by atoms with van der Waals surface area (Å²) in [5, 5.41) is 10.8. The predicted octanol–water partition coefficient (Wildman–Crippen LogP) is 5.02. The molecule has 1 fully saturated rings. The highest BCUT2D eigenvalue weighted by molar-refractivity contribution is 5.96. The smallest absolute Gasteiger partial charge is 0.179 e. The van der Waals surface area contributed by atoms with Gasteiger partial charge < -0.3 is 9.47 Å². The van der Waals surface area contributed by atoms with E-state index in [1.165, 1.54) is 12.8 Å². The van der Waals surface area contributed by atoms with E-state index in [2.05, 4.69) is 16.0 Å². The zero-order valence-electron chi connectivity index (χ0n) is 15.8. The van der Waals surface area contributed by atoms with Gasteiger partial charge in [-0.2, -0.15) is 5.26 Å². The average Bonchev–Trinajstić information content (AvgIpc) is 3.25. The van der Waals surface area contributed by atoms with E-state index in [1.54, 1.807) is 25.6 Å². The van der Waals surface area contributed by atoms with E-state index in [-0.39, 0.29) is 6.10 Å². The highest BCUT2D eigenvalue weighted by atomic mass is 16.5. The minimum atomic E-state index is 0.197. The largest absolute Gasteiger partial charge is 0.491 e. The molecule has 0 radical (unpaired) electrons. The zero-order chi connectivity index (χ0) is 19.3. The predicted molar refractivity (Wildman–Crippen MR) is 109 cm³/mol. The maximum atomic E-state index is 9.77. The number of hydrogen-bond acceptors (Lipinski definition) is 5. The molecule has 0 bridgehead atoms. The monoisotopic (exact) mass is 371 g/mol. The summed E-state index contributed by atoms with van der Waals surface area (Å²) >= 11 is 0. The molecule has 5 nitrogen and oxygen atoms in total. The number of fused-ring (bicyclic) bond motifs is 1. The molecule has 1 aromatic carbocycles. The molecule has 0 amide bonds. The van der Waals surface area contributed by atoms with Crippen LogP contribution in [0, 0.1) is 11.3 Å². The van der Waals surface area contributed by atoms with E-state index >= 15 is 0 Å². The summed E-state index contributed by atoms with van der Waals surface area (Å²) < 4.78 is 11.5. The van der Waals surface area contributed by atoms with Gasteiger partial charge in [-0.3, -0.25) is 9.97 Å². The molecular formula is C23H21N3O2. The van der Waals surface area contributed by atoms with Crippen molar-refractivity contribution in [1.29, 1.82) is 5.26 Å². The maximum Gasteiger partial charge on any atom is 0.179 e. The minimum absolute atomic E-state index is 0.197. The lowest BCUT2D eigenvalue weighted by molar-refractivity contribution is 0.200. The third kappa shape index (κ3) is 3.67. The van der Waals surface area contributed by atoms with Gasteiger partial charge in [0.1, 0.15) is 6.07 Å². The number of para-hydroxylation sites is 1. The van der Waals surface area contributed by atoms with E-state index < -0.39 is 0 Å². The molecule has 0 N–H and O–H groups in total. The second-order valence-corrected chi connectivity index (χ2v) is 6.83. The zero-order valence-corrected chi connectivity index (χ0v) is 15.8. The van der Waals surface area contributed by atoms with Crippen LogP contribution in [-0.2, 0) is 0 Å². The lowest BCUT2D eigenvalue weighted by Crippen LogP contribution is -2.12. The number of aromatic nitrogens is 2. The molecular weight excluding hydrogens is 350 g/mol. The van der Waals surface area contributed by atoms with Crippen molar-refractivity contribution in [2.45, 2.75) is 31.8 Å². The molecule has 1 saturated carbocycles. The van der Waals surface area contributed by atoms with Crippen molar-refractivity contribution in [1.82, 2.24) is 9.97 Å². The SMILES string of the molecule is COc1cnc(C(C#N)=Cc2ccnc3ccccc23)cc1OC1CCCC1. The second kappa shape index (κ2) is 8.10. The molecule has 1 aliphatic rings. The number of ether oxygens (including phenoxy) is 2. The Bertz CT molecular complexity index is 1060. The van der Waals surface area contributed by atoms with Gasteiger partial charge in [0.15, 0.2) is 11.5 Å². The number of nitriles is 1. The van der Waals surface area contributed by atoms with Crippen LogP contribution in [-0.4, -0.2) is 23.2 Å². The van der Waals surface area contributed by atoms with Gasteiger partial charge in [0.2, 0.25) is 0 Å². The molecule has 0 aliphatic heterocycles. The van der Waals surface area contributed by atoms with E-state index in [4.69, 9.17) is 9.47 Å². The first-order chi connectivity index (χ1) is 13.8. The van der Waals surface area contributed by atoms with Crippen molar-refractivity contribution in [2.75, 3.05) is 7.11 Å². The van der Waals surface area contributed by atoms with E-state index in [9.17, 15) is 5.26 Å². The molecule has 3 aromatic rings. The van der Waals surface area contributed by atoms with Crippen LogP contribution >= 0.6 is 0 Å². The summed E-state index contributed by atoms with van der Waals surface area (Å²) in [4.78, 5) is 8.80. The topological polar surface area (TPSA) is 68.0 Å². The van der Waals surface area contributed by atoms with Gasteiger partial charge in [-0.15, -0.1) is 0 Å². The fourth-order valence-electron chi connectivity index (χ4n) is 3.57. The fourth-order valence-corrected chi connectivity index (χ4v) is 3.57. The van der Waals surface area contributed by atoms with Crippen molar-refractivity contribution in [3.63, 3.8) is 0 Å². The molecule has 2 heterocycles. The molecule has 2 aromatic heterocycles. The normalized spacial score (nSPS) is 14.8. The van der Waals surface area contributed by atoms with Gasteiger partial charge >= 0.3 is 0 Å². The Morgan fingerprint density at radius 2 is 1.96 bits per heavy atom. The number of hydrogen-bond donors (Lipinski definition) is 0. The van der Waals surface area contributed by atoms with Gasteiger partial charge in [-0.25, -0.2) is 0 Å². The van der Waals surface area contributed by atoms with Crippen molar-refractivity contribution in [3.05, 3.63) is 60.0 Å². The highest BCUT2D eigenvalue weighted by Gasteiger charge is 2.19. The van der Waals surface area contributed by atoms with Crippen molar-refractivity contribution >= 4 is 22.6 Å². The van der Waals surface area contributed by atoms with Gasteiger partial charge in [-0.1, -0.05) is 18.2 Å². The molecule has 5 heteroatoms. The number of benzene rings is 1. The standard InChI is InChI=1S/C23H21N3O2/c1-27-23-15-26-21(13-22(23)28-18-6-2-3-7-18)17(14-24)12-16-10-11-25-20-9-5-4-8-19(16)20/h4-5,8-13,15,18H,2-3,6-7H2,1H3. The molecule has 1 aliphatic carbocycles. The molecule has 140 valence electrons. The summed E-state index contributed by atoms with van der Waals surface area (Å²) in [6.07, 6.45) is 9.87. The number of allylic oxidation sites excluding steroid dienone is 1. The van der Waals surface area contributed by atoms with Crippen LogP contribution in [0.4, 0.5) is 0 Å². The Morgan fingerprint density at radius 3 is 2.75 bits per heavy atom. The maximum absolute atomic E-state index is 9.77. The Kier molecular flexibility index (Phi) is 5.20. The van der Waals surface area contributed by atoms with Gasteiger partial charge in [0.25, 0.3) is 0 Å². The van der Waals surface area contributed by atoms with E-state index in [0.29, 0.717) is 22.8 Å². The van der Waals surface area contributed by atoms with Crippen molar-refractivity contribution in [2.24, 2.45) is 0 Å². The molecule has 4 rings (SSSR count). The summed E-state index contributed by atoms with van der Waals surface area (Å²) in [6, 6.07) is 13.8. The number of nitrogens with zero attached hydrogens (tertiary/aromatic N) is 3. The van der Waals surface area contributed by atoms with Crippen LogP contribution < -0.4 is 9.47 Å². The number of pyridine rings is 2. The fraction of sp³-hybridized carbons (Fsp3) is 0.261. The first kappa shape index (κ1) is 18.0. The molecule has 0 spiro atoms. The van der Waals surface area contributed by atoms with Gasteiger partial charge in [0, 0.05) is 17.6 Å². The van der Waals surface area contributed by atoms with Crippen LogP contribution in [0.1, 0.15) is 36.9 Å². The van der Waals surface area contributed by atoms with Crippen molar-refractivity contribution in [3.8, 4) is 17.6 Å². The number of rotatable bonds is 5. The third-order valence-corrected chi connectivity index (χ3v) is 5.03. The first-order valence-corrected chi connectivity index (χ1v) is 9.45. The average molecular weight is 371 g/mol. The Labute approximate surface area is 164 Å². The molecule has 28 heavy (non-hydrogen) atoms. The van der Waals surface area contributed by atoms with Crippen LogP contribution in [0.3, 0.4) is 0 Å². The Morgan fingerprint density at radius 1 is 1.14 bits per heavy atom. The van der Waals surface area contributed by atoms with E-state index in [0.717, 1.165) is 29.3 Å². The molecule has 0 unspecified atom stereocenters.